The summed E-state index contributed by atoms with van der Waals surface area (Å²) in [5, 5.41) is 14.7. The van der Waals surface area contributed by atoms with E-state index in [4.69, 9.17) is 4.74 Å². The smallest absolute Gasteiger partial charge is 0.266 e. The summed E-state index contributed by atoms with van der Waals surface area (Å²) < 4.78 is 7.49. The predicted octanol–water partition coefficient (Wildman–Crippen LogP) is 7.80. The van der Waals surface area contributed by atoms with E-state index in [2.05, 4.69) is 55.4 Å². The number of nitrogens with one attached hydrogen (secondary N) is 1. The first-order chi connectivity index (χ1) is 16.4. The summed E-state index contributed by atoms with van der Waals surface area (Å²) in [5.41, 5.74) is 3.39. The number of nitriles is 1. The fourth-order valence-corrected chi connectivity index (χ4v) is 5.20. The summed E-state index contributed by atoms with van der Waals surface area (Å²) in [6.45, 7) is 2.37. The van der Waals surface area contributed by atoms with E-state index in [1.165, 1.54) is 0 Å². The molecule has 4 nitrogen and oxygen atoms in total. The molecule has 4 aromatic rings. The Morgan fingerprint density at radius 1 is 1.00 bits per heavy atom. The SMILES string of the molecule is Cc1cc(Br)c(NC(=O)/C(C#N)=C/c2cccc(OCc3cccc4ccccc34)c2)c(Br)c1. The van der Waals surface area contributed by atoms with Gasteiger partial charge in [-0.25, -0.2) is 0 Å². The average Bonchev–Trinajstić information content (AvgIpc) is 2.83. The van der Waals surface area contributed by atoms with Gasteiger partial charge in [-0.3, -0.25) is 4.79 Å². The van der Waals surface area contributed by atoms with Gasteiger partial charge in [0.2, 0.25) is 0 Å². The Balaban J connectivity index is 1.51. The van der Waals surface area contributed by atoms with Crippen molar-refractivity contribution in [2.75, 3.05) is 5.32 Å². The lowest BCUT2D eigenvalue weighted by molar-refractivity contribution is -0.112. The number of aryl methyl sites for hydroxylation is 1. The van der Waals surface area contributed by atoms with Gasteiger partial charge < -0.3 is 10.1 Å². The van der Waals surface area contributed by atoms with Crippen molar-refractivity contribution < 1.29 is 9.53 Å². The predicted molar refractivity (Wildman–Crippen MR) is 144 cm³/mol. The van der Waals surface area contributed by atoms with E-state index < -0.39 is 5.91 Å². The Kier molecular flexibility index (Phi) is 7.46. The Morgan fingerprint density at radius 3 is 2.47 bits per heavy atom. The third-order valence-electron chi connectivity index (χ3n) is 5.23. The molecule has 0 saturated heterocycles. The minimum Gasteiger partial charge on any atom is -0.489 e. The van der Waals surface area contributed by atoms with Crippen molar-refractivity contribution in [2.45, 2.75) is 13.5 Å². The number of hydrogen-bond donors (Lipinski definition) is 1. The first kappa shape index (κ1) is 23.7. The molecule has 1 N–H and O–H groups in total. The van der Waals surface area contributed by atoms with Crippen LogP contribution in [0.5, 0.6) is 5.75 Å². The van der Waals surface area contributed by atoms with Crippen LogP contribution in [0, 0.1) is 18.3 Å². The lowest BCUT2D eigenvalue weighted by atomic mass is 10.1. The molecule has 6 heteroatoms. The molecule has 0 fully saturated rings. The summed E-state index contributed by atoms with van der Waals surface area (Å²) in [7, 11) is 0. The highest BCUT2D eigenvalue weighted by Crippen LogP contribution is 2.32. The van der Waals surface area contributed by atoms with Crippen LogP contribution >= 0.6 is 31.9 Å². The zero-order chi connectivity index (χ0) is 24.1. The number of nitrogens with zero attached hydrogens (tertiary/aromatic N) is 1. The molecule has 168 valence electrons. The minimum atomic E-state index is -0.491. The van der Waals surface area contributed by atoms with Crippen LogP contribution in [0.4, 0.5) is 5.69 Å². The van der Waals surface area contributed by atoms with Crippen LogP contribution < -0.4 is 10.1 Å². The number of amides is 1. The first-order valence-electron chi connectivity index (χ1n) is 10.5. The fraction of sp³-hybridized carbons (Fsp3) is 0.0714. The van der Waals surface area contributed by atoms with E-state index in [0.29, 0.717) is 23.6 Å². The molecule has 0 aliphatic rings. The van der Waals surface area contributed by atoms with Crippen molar-refractivity contribution in [3.05, 3.63) is 110 Å². The standard InChI is InChI=1S/C28H20Br2N2O2/c1-18-12-25(29)27(26(30)13-18)32-28(33)22(16-31)14-19-6-4-10-23(15-19)34-17-21-9-5-8-20-7-2-3-11-24(20)21/h2-15H,17H2,1H3,(H,32,33)/b22-14+. The van der Waals surface area contributed by atoms with Crippen molar-refractivity contribution in [2.24, 2.45) is 0 Å². The second kappa shape index (κ2) is 10.7. The highest BCUT2D eigenvalue weighted by atomic mass is 79.9. The maximum atomic E-state index is 12.8. The van der Waals surface area contributed by atoms with Gasteiger partial charge in [-0.1, -0.05) is 54.6 Å². The van der Waals surface area contributed by atoms with Gasteiger partial charge >= 0.3 is 0 Å². The van der Waals surface area contributed by atoms with Crippen molar-refractivity contribution in [1.29, 1.82) is 5.26 Å². The molecule has 34 heavy (non-hydrogen) atoms. The van der Waals surface area contributed by atoms with Gasteiger partial charge in [0, 0.05) is 8.95 Å². The molecule has 0 saturated carbocycles. The Bertz CT molecular complexity index is 1430. The minimum absolute atomic E-state index is 0.00872. The van der Waals surface area contributed by atoms with Crippen LogP contribution in [-0.4, -0.2) is 5.91 Å². The number of benzene rings is 4. The zero-order valence-corrected chi connectivity index (χ0v) is 21.5. The maximum Gasteiger partial charge on any atom is 0.266 e. The van der Waals surface area contributed by atoms with Crippen LogP contribution in [0.3, 0.4) is 0 Å². The molecule has 0 bridgehead atoms. The van der Waals surface area contributed by atoms with E-state index in [1.54, 1.807) is 6.08 Å². The monoisotopic (exact) mass is 574 g/mol. The molecule has 0 atom stereocenters. The van der Waals surface area contributed by atoms with Gasteiger partial charge in [0.15, 0.2) is 0 Å². The highest BCUT2D eigenvalue weighted by molar-refractivity contribution is 9.11. The number of hydrogen-bond acceptors (Lipinski definition) is 3. The topological polar surface area (TPSA) is 62.1 Å². The zero-order valence-electron chi connectivity index (χ0n) is 18.3. The van der Waals surface area contributed by atoms with Crippen LogP contribution in [0.15, 0.2) is 93.4 Å². The number of halogens is 2. The van der Waals surface area contributed by atoms with Gasteiger partial charge in [-0.15, -0.1) is 0 Å². The molecule has 0 radical (unpaired) electrons. The Morgan fingerprint density at radius 2 is 1.71 bits per heavy atom. The van der Waals surface area contributed by atoms with Crippen LogP contribution in [-0.2, 0) is 11.4 Å². The van der Waals surface area contributed by atoms with Crippen molar-refractivity contribution in [1.82, 2.24) is 0 Å². The number of carbonyl (C=O) groups excluding carboxylic acids is 1. The van der Waals surface area contributed by atoms with Crippen molar-refractivity contribution in [3.63, 3.8) is 0 Å². The molecular weight excluding hydrogens is 556 g/mol. The summed E-state index contributed by atoms with van der Waals surface area (Å²) in [4.78, 5) is 12.8. The van der Waals surface area contributed by atoms with E-state index in [1.807, 2.05) is 73.7 Å². The number of rotatable bonds is 6. The van der Waals surface area contributed by atoms with E-state index >= 15 is 0 Å². The third kappa shape index (κ3) is 5.56. The second-order valence-electron chi connectivity index (χ2n) is 7.73. The summed E-state index contributed by atoms with van der Waals surface area (Å²) in [6, 6.07) is 27.4. The van der Waals surface area contributed by atoms with Crippen molar-refractivity contribution >= 4 is 60.3 Å². The quantitative estimate of drug-likeness (QED) is 0.188. The van der Waals surface area contributed by atoms with E-state index in [-0.39, 0.29) is 5.57 Å². The molecule has 0 aliphatic heterocycles. The summed E-state index contributed by atoms with van der Waals surface area (Å²) in [6.07, 6.45) is 1.55. The maximum absolute atomic E-state index is 12.8. The van der Waals surface area contributed by atoms with Gasteiger partial charge in [0.1, 0.15) is 24.0 Å². The molecule has 4 aromatic carbocycles. The Labute approximate surface area is 215 Å². The third-order valence-corrected chi connectivity index (χ3v) is 6.48. The molecule has 0 heterocycles. The van der Waals surface area contributed by atoms with Crippen LogP contribution in [0.2, 0.25) is 0 Å². The van der Waals surface area contributed by atoms with Gasteiger partial charge in [-0.2, -0.15) is 5.26 Å². The molecule has 0 spiro atoms. The summed E-state index contributed by atoms with van der Waals surface area (Å²) >= 11 is 6.92. The molecule has 0 aromatic heterocycles. The largest absolute Gasteiger partial charge is 0.489 e. The molecule has 0 aliphatic carbocycles. The lowest BCUT2D eigenvalue weighted by Crippen LogP contribution is -2.14. The molecular formula is C28H20Br2N2O2. The lowest BCUT2D eigenvalue weighted by Gasteiger charge is -2.11. The van der Waals surface area contributed by atoms with Gasteiger partial charge in [-0.05, 0) is 96.6 Å². The van der Waals surface area contributed by atoms with Crippen molar-refractivity contribution in [3.8, 4) is 11.8 Å². The fourth-order valence-electron chi connectivity index (χ4n) is 3.59. The highest BCUT2D eigenvalue weighted by Gasteiger charge is 2.14. The average molecular weight is 576 g/mol. The molecule has 1 amide bonds. The van der Waals surface area contributed by atoms with Gasteiger partial charge in [0.05, 0.1) is 5.69 Å². The van der Waals surface area contributed by atoms with Crippen LogP contribution in [0.1, 0.15) is 16.7 Å². The van der Waals surface area contributed by atoms with Crippen LogP contribution in [0.25, 0.3) is 16.8 Å². The number of anilines is 1. The second-order valence-corrected chi connectivity index (χ2v) is 9.44. The number of carbonyl (C=O) groups is 1. The molecule has 4 rings (SSSR count). The van der Waals surface area contributed by atoms with E-state index in [9.17, 15) is 10.1 Å². The number of ether oxygens (including phenoxy) is 1. The normalized spacial score (nSPS) is 11.2. The summed E-state index contributed by atoms with van der Waals surface area (Å²) in [5.74, 6) is 0.165. The molecule has 0 unspecified atom stereocenters. The van der Waals surface area contributed by atoms with Gasteiger partial charge in [0.25, 0.3) is 5.91 Å². The first-order valence-corrected chi connectivity index (χ1v) is 12.1. The Hall–Kier alpha value is -3.40. The van der Waals surface area contributed by atoms with E-state index in [0.717, 1.165) is 30.8 Å². The number of fused-ring (bicyclic) bond motifs is 1.